The largest absolute Gasteiger partial charge is 0.393 e. The summed E-state index contributed by atoms with van der Waals surface area (Å²) in [4.78, 5) is 0. The van der Waals surface area contributed by atoms with Gasteiger partial charge >= 0.3 is 0 Å². The second kappa shape index (κ2) is 3.35. The maximum absolute atomic E-state index is 9.79. The van der Waals surface area contributed by atoms with Crippen molar-refractivity contribution in [2.24, 2.45) is 23.5 Å². The van der Waals surface area contributed by atoms with Gasteiger partial charge in [-0.3, -0.25) is 0 Å². The second-order valence-electron chi connectivity index (χ2n) is 4.48. The van der Waals surface area contributed by atoms with Gasteiger partial charge in [0.05, 0.1) is 6.10 Å². The highest BCUT2D eigenvalue weighted by atomic mass is 16.3. The lowest BCUT2D eigenvalue weighted by Crippen LogP contribution is -2.27. The molecule has 2 rings (SSSR count). The molecular formula is C10H19NO. The number of fused-ring (bicyclic) bond motifs is 2. The molecule has 2 saturated carbocycles. The molecule has 0 aliphatic heterocycles. The van der Waals surface area contributed by atoms with Crippen molar-refractivity contribution < 1.29 is 5.11 Å². The van der Waals surface area contributed by atoms with Gasteiger partial charge in [-0.25, -0.2) is 0 Å². The summed E-state index contributed by atoms with van der Waals surface area (Å²) in [5.74, 6) is 2.36. The fourth-order valence-corrected chi connectivity index (χ4v) is 3.15. The molecule has 2 bridgehead atoms. The Labute approximate surface area is 74.1 Å². The molecule has 0 spiro atoms. The Hall–Kier alpha value is -0.0800. The lowest BCUT2D eigenvalue weighted by atomic mass is 9.83. The fraction of sp³-hybridized carbons (Fsp3) is 1.00. The van der Waals surface area contributed by atoms with E-state index in [1.54, 1.807) is 0 Å². The summed E-state index contributed by atoms with van der Waals surface area (Å²) in [6.45, 7) is 0.634. The van der Waals surface area contributed by atoms with Crippen LogP contribution in [0.5, 0.6) is 0 Å². The fourth-order valence-electron chi connectivity index (χ4n) is 3.15. The van der Waals surface area contributed by atoms with Crippen LogP contribution in [0.25, 0.3) is 0 Å². The minimum Gasteiger partial charge on any atom is -0.393 e. The molecule has 2 fully saturated rings. The van der Waals surface area contributed by atoms with Gasteiger partial charge in [0.1, 0.15) is 0 Å². The first-order valence-electron chi connectivity index (χ1n) is 5.19. The van der Waals surface area contributed by atoms with E-state index in [4.69, 9.17) is 5.73 Å². The van der Waals surface area contributed by atoms with Gasteiger partial charge in [0.25, 0.3) is 0 Å². The van der Waals surface area contributed by atoms with Crippen molar-refractivity contribution in [3.05, 3.63) is 0 Å². The maximum atomic E-state index is 9.79. The molecule has 2 aliphatic rings. The van der Waals surface area contributed by atoms with Crippen molar-refractivity contribution in [3.63, 3.8) is 0 Å². The molecule has 0 amide bonds. The molecule has 3 unspecified atom stereocenters. The highest BCUT2D eigenvalue weighted by Gasteiger charge is 2.42. The zero-order valence-corrected chi connectivity index (χ0v) is 7.58. The van der Waals surface area contributed by atoms with Gasteiger partial charge in [0.15, 0.2) is 0 Å². The lowest BCUT2D eigenvalue weighted by Gasteiger charge is -2.26. The predicted octanol–water partition coefficient (Wildman–Crippen LogP) is 1.13. The SMILES string of the molecule is NCC[C@@H](O)C1CC2CCC1C2. The Morgan fingerprint density at radius 3 is 2.67 bits per heavy atom. The van der Waals surface area contributed by atoms with E-state index in [0.717, 1.165) is 18.3 Å². The van der Waals surface area contributed by atoms with Crippen LogP contribution >= 0.6 is 0 Å². The molecule has 2 heteroatoms. The molecule has 0 radical (unpaired) electrons. The van der Waals surface area contributed by atoms with E-state index in [9.17, 15) is 5.11 Å². The second-order valence-corrected chi connectivity index (χ2v) is 4.48. The predicted molar refractivity (Wildman–Crippen MR) is 48.6 cm³/mol. The van der Waals surface area contributed by atoms with Crippen molar-refractivity contribution in [2.75, 3.05) is 6.54 Å². The number of rotatable bonds is 3. The van der Waals surface area contributed by atoms with Gasteiger partial charge in [-0.05, 0) is 50.0 Å². The summed E-state index contributed by atoms with van der Waals surface area (Å²) in [6.07, 6.45) is 6.12. The molecule has 2 nitrogen and oxygen atoms in total. The third kappa shape index (κ3) is 1.38. The maximum Gasteiger partial charge on any atom is 0.0583 e. The minimum absolute atomic E-state index is 0.106. The van der Waals surface area contributed by atoms with Crippen molar-refractivity contribution in [1.29, 1.82) is 0 Å². The van der Waals surface area contributed by atoms with E-state index in [-0.39, 0.29) is 6.10 Å². The van der Waals surface area contributed by atoms with Crippen LogP contribution in [0.15, 0.2) is 0 Å². The molecule has 0 aromatic carbocycles. The van der Waals surface area contributed by atoms with Gasteiger partial charge < -0.3 is 10.8 Å². The summed E-state index contributed by atoms with van der Waals surface area (Å²) in [6, 6.07) is 0. The van der Waals surface area contributed by atoms with Crippen LogP contribution in [-0.4, -0.2) is 17.8 Å². The normalized spacial score (nSPS) is 42.0. The minimum atomic E-state index is -0.106. The van der Waals surface area contributed by atoms with Crippen molar-refractivity contribution in [2.45, 2.75) is 38.2 Å². The standard InChI is InChI=1S/C10H19NO/c11-4-3-10(12)9-6-7-1-2-8(9)5-7/h7-10,12H,1-6,11H2/t7?,8?,9?,10-/m1/s1. The number of aliphatic hydroxyl groups excluding tert-OH is 1. The smallest absolute Gasteiger partial charge is 0.0583 e. The van der Waals surface area contributed by atoms with Gasteiger partial charge in [-0.15, -0.1) is 0 Å². The number of hydrogen-bond donors (Lipinski definition) is 2. The van der Waals surface area contributed by atoms with E-state index >= 15 is 0 Å². The Morgan fingerprint density at radius 2 is 2.17 bits per heavy atom. The monoisotopic (exact) mass is 169 g/mol. The first-order valence-corrected chi connectivity index (χ1v) is 5.19. The average Bonchev–Trinajstić information content (AvgIpc) is 2.64. The first-order chi connectivity index (χ1) is 5.81. The third-order valence-corrected chi connectivity index (χ3v) is 3.75. The van der Waals surface area contributed by atoms with Crippen LogP contribution in [0, 0.1) is 17.8 Å². The molecule has 70 valence electrons. The zero-order chi connectivity index (χ0) is 8.55. The Morgan fingerprint density at radius 1 is 1.33 bits per heavy atom. The van der Waals surface area contributed by atoms with Crippen LogP contribution in [0.4, 0.5) is 0 Å². The van der Waals surface area contributed by atoms with E-state index < -0.39 is 0 Å². The lowest BCUT2D eigenvalue weighted by molar-refractivity contribution is 0.0696. The van der Waals surface area contributed by atoms with E-state index in [1.165, 1.54) is 25.7 Å². The van der Waals surface area contributed by atoms with Crippen molar-refractivity contribution in [3.8, 4) is 0 Å². The van der Waals surface area contributed by atoms with Crippen LogP contribution in [0.2, 0.25) is 0 Å². The van der Waals surface area contributed by atoms with E-state index in [0.29, 0.717) is 12.5 Å². The summed E-state index contributed by atoms with van der Waals surface area (Å²) in [7, 11) is 0. The molecule has 0 aromatic rings. The number of nitrogens with two attached hydrogens (primary N) is 1. The topological polar surface area (TPSA) is 46.2 Å². The van der Waals surface area contributed by atoms with Crippen LogP contribution in [0.1, 0.15) is 32.1 Å². The van der Waals surface area contributed by atoms with Gasteiger partial charge in [0.2, 0.25) is 0 Å². The number of hydrogen-bond acceptors (Lipinski definition) is 2. The third-order valence-electron chi connectivity index (χ3n) is 3.75. The molecule has 0 heterocycles. The molecular weight excluding hydrogens is 150 g/mol. The van der Waals surface area contributed by atoms with E-state index in [2.05, 4.69) is 0 Å². The molecule has 2 aliphatic carbocycles. The average molecular weight is 169 g/mol. The van der Waals surface area contributed by atoms with Gasteiger partial charge in [0, 0.05) is 0 Å². The molecule has 12 heavy (non-hydrogen) atoms. The summed E-state index contributed by atoms with van der Waals surface area (Å²) >= 11 is 0. The summed E-state index contributed by atoms with van der Waals surface area (Å²) < 4.78 is 0. The highest BCUT2D eigenvalue weighted by molar-refractivity contribution is 4.92. The van der Waals surface area contributed by atoms with Crippen molar-refractivity contribution in [1.82, 2.24) is 0 Å². The van der Waals surface area contributed by atoms with Crippen LogP contribution in [-0.2, 0) is 0 Å². The van der Waals surface area contributed by atoms with Gasteiger partial charge in [-0.1, -0.05) is 6.42 Å². The van der Waals surface area contributed by atoms with Crippen LogP contribution in [0.3, 0.4) is 0 Å². The Bertz CT molecular complexity index is 160. The highest BCUT2D eigenvalue weighted by Crippen LogP contribution is 2.49. The zero-order valence-electron chi connectivity index (χ0n) is 7.58. The Kier molecular flexibility index (Phi) is 2.37. The van der Waals surface area contributed by atoms with Gasteiger partial charge in [-0.2, -0.15) is 0 Å². The van der Waals surface area contributed by atoms with Crippen molar-refractivity contribution >= 4 is 0 Å². The molecule has 3 N–H and O–H groups in total. The van der Waals surface area contributed by atoms with E-state index in [1.807, 2.05) is 0 Å². The molecule has 0 aromatic heterocycles. The molecule has 0 saturated heterocycles. The van der Waals surface area contributed by atoms with Crippen LogP contribution < -0.4 is 5.73 Å². The number of aliphatic hydroxyl groups is 1. The Balaban J connectivity index is 1.89. The first kappa shape index (κ1) is 8.52. The quantitative estimate of drug-likeness (QED) is 0.665. The summed E-state index contributed by atoms with van der Waals surface area (Å²) in [5.41, 5.74) is 5.44. The molecule has 4 atom stereocenters. The summed E-state index contributed by atoms with van der Waals surface area (Å²) in [5, 5.41) is 9.79.